The van der Waals surface area contributed by atoms with Crippen molar-refractivity contribution >= 4 is 11.8 Å². The van der Waals surface area contributed by atoms with Crippen LogP contribution in [0.25, 0.3) is 0 Å². The zero-order chi connectivity index (χ0) is 18.7. The van der Waals surface area contributed by atoms with Gasteiger partial charge in [0.05, 0.1) is 0 Å². The fourth-order valence-corrected chi connectivity index (χ4v) is 3.43. The molecular weight excluding hydrogens is 326 g/mol. The molecular formula is C21H29N3O2. The van der Waals surface area contributed by atoms with Gasteiger partial charge in [-0.05, 0) is 30.7 Å². The molecule has 1 aliphatic heterocycles. The topological polar surface area (TPSA) is 59.2 Å². The van der Waals surface area contributed by atoms with E-state index in [2.05, 4.69) is 41.0 Å². The summed E-state index contributed by atoms with van der Waals surface area (Å²) < 4.78 is 5.37. The molecule has 0 atom stereocenters. The Kier molecular flexibility index (Phi) is 5.74. The maximum atomic E-state index is 12.8. The van der Waals surface area contributed by atoms with E-state index in [1.54, 1.807) is 0 Å². The molecule has 0 unspecified atom stereocenters. The second-order valence-corrected chi connectivity index (χ2v) is 8.01. The lowest BCUT2D eigenvalue weighted by Gasteiger charge is -2.29. The molecule has 0 spiro atoms. The minimum atomic E-state index is 0.0784. The maximum absolute atomic E-state index is 12.8. The summed E-state index contributed by atoms with van der Waals surface area (Å²) in [5.74, 6) is 1.95. The molecule has 1 aliphatic rings. The van der Waals surface area contributed by atoms with E-state index in [9.17, 15) is 4.79 Å². The number of anilines is 1. The molecule has 0 amide bonds. The van der Waals surface area contributed by atoms with Crippen molar-refractivity contribution in [2.75, 3.05) is 18.0 Å². The lowest BCUT2D eigenvalue weighted by Crippen LogP contribution is -2.36. The van der Waals surface area contributed by atoms with Crippen LogP contribution in [0.4, 0.5) is 6.01 Å². The molecule has 1 aromatic carbocycles. The summed E-state index contributed by atoms with van der Waals surface area (Å²) in [6.07, 6.45) is 2.70. The van der Waals surface area contributed by atoms with Gasteiger partial charge in [-0.1, -0.05) is 57.1 Å². The first-order valence-electron chi connectivity index (χ1n) is 9.65. The lowest BCUT2D eigenvalue weighted by atomic mass is 9.88. The fourth-order valence-electron chi connectivity index (χ4n) is 3.43. The number of nitrogens with zero attached hydrogens (tertiary/aromatic N) is 3. The number of piperidine rings is 1. The quantitative estimate of drug-likeness (QED) is 0.715. The van der Waals surface area contributed by atoms with Crippen molar-refractivity contribution in [2.45, 2.75) is 52.9 Å². The summed E-state index contributed by atoms with van der Waals surface area (Å²) in [5.41, 5.74) is 2.12. The molecule has 0 radical (unpaired) electrons. The number of benzene rings is 1. The first kappa shape index (κ1) is 18.6. The summed E-state index contributed by atoms with van der Waals surface area (Å²) in [6.45, 7) is 10.1. The molecule has 0 bridgehead atoms. The average Bonchev–Trinajstić information content (AvgIpc) is 3.12. The molecule has 0 N–H and O–H groups in total. The van der Waals surface area contributed by atoms with Gasteiger partial charge in [0, 0.05) is 30.5 Å². The summed E-state index contributed by atoms with van der Waals surface area (Å²) in [5, 5.41) is 4.03. The first-order valence-corrected chi connectivity index (χ1v) is 9.65. The predicted octanol–water partition coefficient (Wildman–Crippen LogP) is 4.49. The number of ketones is 1. The third-order valence-electron chi connectivity index (χ3n) is 4.97. The molecule has 5 heteroatoms. The zero-order valence-electron chi connectivity index (χ0n) is 16.2. The van der Waals surface area contributed by atoms with Gasteiger partial charge in [-0.3, -0.25) is 4.79 Å². The number of aromatic nitrogens is 2. The van der Waals surface area contributed by atoms with Gasteiger partial charge in [-0.25, -0.2) is 0 Å². The van der Waals surface area contributed by atoms with Crippen molar-refractivity contribution in [3.05, 3.63) is 41.2 Å². The van der Waals surface area contributed by atoms with Crippen molar-refractivity contribution in [3.63, 3.8) is 0 Å². The molecule has 2 aromatic rings. The van der Waals surface area contributed by atoms with Crippen molar-refractivity contribution < 1.29 is 9.32 Å². The van der Waals surface area contributed by atoms with Crippen molar-refractivity contribution in [1.82, 2.24) is 10.1 Å². The minimum absolute atomic E-state index is 0.0784. The standard InChI is InChI=1S/C21H29N3O2/c1-14(2)13-16-5-7-17(8-6-16)19(25)18-9-11-24(12-10-18)21-22-20(15(3)4)23-26-21/h5-8,14-15,18H,9-13H2,1-4H3. The summed E-state index contributed by atoms with van der Waals surface area (Å²) >= 11 is 0. The van der Waals surface area contributed by atoms with Gasteiger partial charge in [0.1, 0.15) is 0 Å². The van der Waals surface area contributed by atoms with Crippen LogP contribution >= 0.6 is 0 Å². The van der Waals surface area contributed by atoms with Gasteiger partial charge in [-0.2, -0.15) is 4.98 Å². The average molecular weight is 355 g/mol. The largest absolute Gasteiger partial charge is 0.324 e. The van der Waals surface area contributed by atoms with Crippen LogP contribution in [0.15, 0.2) is 28.8 Å². The van der Waals surface area contributed by atoms with Gasteiger partial charge in [0.2, 0.25) is 0 Å². The van der Waals surface area contributed by atoms with Crippen LogP contribution in [-0.4, -0.2) is 29.0 Å². The van der Waals surface area contributed by atoms with E-state index in [1.165, 1.54) is 5.56 Å². The van der Waals surface area contributed by atoms with Crippen molar-refractivity contribution in [3.8, 4) is 0 Å². The molecule has 1 saturated heterocycles. The number of hydrogen-bond acceptors (Lipinski definition) is 5. The van der Waals surface area contributed by atoms with Gasteiger partial charge < -0.3 is 9.42 Å². The van der Waals surface area contributed by atoms with E-state index < -0.39 is 0 Å². The van der Waals surface area contributed by atoms with E-state index in [0.29, 0.717) is 11.9 Å². The van der Waals surface area contributed by atoms with E-state index in [1.807, 2.05) is 26.0 Å². The van der Waals surface area contributed by atoms with E-state index in [-0.39, 0.29) is 17.6 Å². The Balaban J connectivity index is 1.57. The molecule has 26 heavy (non-hydrogen) atoms. The normalized spacial score (nSPS) is 15.8. The van der Waals surface area contributed by atoms with Crippen molar-refractivity contribution in [1.29, 1.82) is 0 Å². The molecule has 1 fully saturated rings. The molecule has 1 aromatic heterocycles. The highest BCUT2D eigenvalue weighted by atomic mass is 16.5. The molecule has 0 aliphatic carbocycles. The van der Waals surface area contributed by atoms with Gasteiger partial charge in [0.25, 0.3) is 0 Å². The number of rotatable bonds is 6. The SMILES string of the molecule is CC(C)Cc1ccc(C(=O)C2CCN(c3nc(C(C)C)no3)CC2)cc1. The molecule has 140 valence electrons. The highest BCUT2D eigenvalue weighted by Crippen LogP contribution is 2.26. The van der Waals surface area contributed by atoms with E-state index in [0.717, 1.165) is 43.7 Å². The van der Waals surface area contributed by atoms with Gasteiger partial charge >= 0.3 is 6.01 Å². The van der Waals surface area contributed by atoms with Crippen LogP contribution < -0.4 is 4.90 Å². The smallest absolute Gasteiger partial charge is 0.324 e. The van der Waals surface area contributed by atoms with Crippen LogP contribution in [0, 0.1) is 11.8 Å². The predicted molar refractivity (Wildman–Crippen MR) is 103 cm³/mol. The summed E-state index contributed by atoms with van der Waals surface area (Å²) in [4.78, 5) is 19.3. The Hall–Kier alpha value is -2.17. The zero-order valence-corrected chi connectivity index (χ0v) is 16.2. The maximum Gasteiger partial charge on any atom is 0.324 e. The Morgan fingerprint density at radius 2 is 1.81 bits per heavy atom. The highest BCUT2D eigenvalue weighted by Gasteiger charge is 2.28. The van der Waals surface area contributed by atoms with Crippen LogP contribution in [0.5, 0.6) is 0 Å². The second-order valence-electron chi connectivity index (χ2n) is 8.01. The second kappa shape index (κ2) is 8.02. The Bertz CT molecular complexity index is 726. The minimum Gasteiger partial charge on any atom is -0.324 e. The third kappa shape index (κ3) is 4.32. The van der Waals surface area contributed by atoms with Crippen LogP contribution in [0.2, 0.25) is 0 Å². The molecule has 5 nitrogen and oxygen atoms in total. The first-order chi connectivity index (χ1) is 12.4. The van der Waals surface area contributed by atoms with E-state index >= 15 is 0 Å². The molecule has 2 heterocycles. The monoisotopic (exact) mass is 355 g/mol. The Morgan fingerprint density at radius 3 is 2.35 bits per heavy atom. The number of Topliss-reactive ketones (excluding diaryl/α,β-unsaturated/α-hetero) is 1. The fraction of sp³-hybridized carbons (Fsp3) is 0.571. The Labute approximate surface area is 155 Å². The highest BCUT2D eigenvalue weighted by molar-refractivity contribution is 5.98. The summed E-state index contributed by atoms with van der Waals surface area (Å²) in [6, 6.07) is 8.74. The van der Waals surface area contributed by atoms with E-state index in [4.69, 9.17) is 4.52 Å². The van der Waals surface area contributed by atoms with Crippen molar-refractivity contribution in [2.24, 2.45) is 11.8 Å². The van der Waals surface area contributed by atoms with Crippen LogP contribution in [-0.2, 0) is 6.42 Å². The van der Waals surface area contributed by atoms with Gasteiger partial charge in [-0.15, -0.1) is 0 Å². The number of carbonyl (C=O) groups excluding carboxylic acids is 1. The van der Waals surface area contributed by atoms with Crippen LogP contribution in [0.1, 0.15) is 68.2 Å². The van der Waals surface area contributed by atoms with Crippen LogP contribution in [0.3, 0.4) is 0 Å². The van der Waals surface area contributed by atoms with Gasteiger partial charge in [0.15, 0.2) is 11.6 Å². The molecule has 3 rings (SSSR count). The molecule has 0 saturated carbocycles. The Morgan fingerprint density at radius 1 is 1.15 bits per heavy atom. The lowest BCUT2D eigenvalue weighted by molar-refractivity contribution is 0.0899. The number of carbonyl (C=O) groups is 1. The summed E-state index contributed by atoms with van der Waals surface area (Å²) in [7, 11) is 0. The third-order valence-corrected chi connectivity index (χ3v) is 4.97. The number of hydrogen-bond donors (Lipinski definition) is 0.